The molecule has 2 unspecified atom stereocenters. The molecule has 2 aliphatic rings. The average Bonchev–Trinajstić information content (AvgIpc) is 3.07. The first kappa shape index (κ1) is 15.4. The van der Waals surface area contributed by atoms with Gasteiger partial charge in [0.2, 0.25) is 5.91 Å². The Labute approximate surface area is 133 Å². The van der Waals surface area contributed by atoms with Crippen molar-refractivity contribution in [2.24, 2.45) is 11.8 Å². The van der Waals surface area contributed by atoms with Crippen LogP contribution in [0.4, 0.5) is 0 Å². The van der Waals surface area contributed by atoms with Gasteiger partial charge in [-0.2, -0.15) is 0 Å². The summed E-state index contributed by atoms with van der Waals surface area (Å²) in [6.07, 6.45) is 11.2. The fourth-order valence-electron chi connectivity index (χ4n) is 3.50. The SMILES string of the molecule is CC1CC1c1ccc(/C=C/C(=O)N(C)CC2CCCCC2)o1. The molecule has 2 saturated carbocycles. The van der Waals surface area contributed by atoms with Crippen LogP contribution in [0.3, 0.4) is 0 Å². The minimum Gasteiger partial charge on any atom is -0.461 e. The van der Waals surface area contributed by atoms with Gasteiger partial charge in [0, 0.05) is 25.6 Å². The van der Waals surface area contributed by atoms with Crippen LogP contribution in [0.2, 0.25) is 0 Å². The number of hydrogen-bond acceptors (Lipinski definition) is 2. The molecule has 0 bridgehead atoms. The van der Waals surface area contributed by atoms with Crippen LogP contribution in [0.15, 0.2) is 22.6 Å². The first-order valence-corrected chi connectivity index (χ1v) is 8.66. The van der Waals surface area contributed by atoms with Crippen molar-refractivity contribution in [3.63, 3.8) is 0 Å². The van der Waals surface area contributed by atoms with Crippen LogP contribution in [-0.4, -0.2) is 24.4 Å². The van der Waals surface area contributed by atoms with Crippen molar-refractivity contribution in [1.29, 1.82) is 0 Å². The molecule has 0 N–H and O–H groups in total. The van der Waals surface area contributed by atoms with E-state index in [1.165, 1.54) is 38.5 Å². The topological polar surface area (TPSA) is 33.5 Å². The standard InChI is InChI=1S/C19H27NO2/c1-14-12-17(14)18-10-8-16(22-18)9-11-19(21)20(2)13-15-6-4-3-5-7-15/h8-11,14-15,17H,3-7,12-13H2,1-2H3/b11-9+. The normalized spacial score (nSPS) is 25.5. The Bertz CT molecular complexity index is 539. The van der Waals surface area contributed by atoms with E-state index in [2.05, 4.69) is 6.92 Å². The number of carbonyl (C=O) groups is 1. The second kappa shape index (κ2) is 6.72. The average molecular weight is 301 g/mol. The van der Waals surface area contributed by atoms with Gasteiger partial charge in [-0.1, -0.05) is 26.2 Å². The van der Waals surface area contributed by atoms with Crippen molar-refractivity contribution in [2.75, 3.05) is 13.6 Å². The summed E-state index contributed by atoms with van der Waals surface area (Å²) in [6, 6.07) is 4.01. The molecule has 0 aromatic carbocycles. The van der Waals surface area contributed by atoms with Gasteiger partial charge < -0.3 is 9.32 Å². The zero-order valence-electron chi connectivity index (χ0n) is 13.8. The fourth-order valence-corrected chi connectivity index (χ4v) is 3.50. The third-order valence-corrected chi connectivity index (χ3v) is 5.15. The lowest BCUT2D eigenvalue weighted by atomic mass is 9.89. The maximum Gasteiger partial charge on any atom is 0.246 e. The molecule has 2 fully saturated rings. The lowest BCUT2D eigenvalue weighted by molar-refractivity contribution is -0.125. The largest absolute Gasteiger partial charge is 0.461 e. The highest BCUT2D eigenvalue weighted by Crippen LogP contribution is 2.47. The maximum atomic E-state index is 12.2. The zero-order chi connectivity index (χ0) is 15.5. The van der Waals surface area contributed by atoms with E-state index in [0.29, 0.717) is 11.8 Å². The highest BCUT2D eigenvalue weighted by atomic mass is 16.3. The maximum absolute atomic E-state index is 12.2. The molecule has 2 aliphatic carbocycles. The molecule has 2 atom stereocenters. The van der Waals surface area contributed by atoms with E-state index in [-0.39, 0.29) is 5.91 Å². The van der Waals surface area contributed by atoms with Crippen molar-refractivity contribution in [3.8, 4) is 0 Å². The van der Waals surface area contributed by atoms with E-state index >= 15 is 0 Å². The summed E-state index contributed by atoms with van der Waals surface area (Å²) < 4.78 is 5.80. The highest BCUT2D eigenvalue weighted by Gasteiger charge is 2.36. The summed E-state index contributed by atoms with van der Waals surface area (Å²) in [5, 5.41) is 0. The lowest BCUT2D eigenvalue weighted by Crippen LogP contribution is -2.31. The second-order valence-electron chi connectivity index (χ2n) is 7.12. The van der Waals surface area contributed by atoms with Crippen LogP contribution in [-0.2, 0) is 4.79 Å². The van der Waals surface area contributed by atoms with Crippen molar-refractivity contribution in [3.05, 3.63) is 29.7 Å². The molecule has 1 aromatic rings. The van der Waals surface area contributed by atoms with Crippen LogP contribution >= 0.6 is 0 Å². The summed E-state index contributed by atoms with van der Waals surface area (Å²) >= 11 is 0. The Hall–Kier alpha value is -1.51. The monoisotopic (exact) mass is 301 g/mol. The quantitative estimate of drug-likeness (QED) is 0.753. The number of nitrogens with zero attached hydrogens (tertiary/aromatic N) is 1. The minimum atomic E-state index is 0.0725. The van der Waals surface area contributed by atoms with Crippen molar-refractivity contribution in [1.82, 2.24) is 4.90 Å². The molecule has 3 rings (SSSR count). The van der Waals surface area contributed by atoms with E-state index in [9.17, 15) is 4.79 Å². The molecular weight excluding hydrogens is 274 g/mol. The van der Waals surface area contributed by atoms with Gasteiger partial charge in [-0.25, -0.2) is 0 Å². The number of carbonyl (C=O) groups excluding carboxylic acids is 1. The number of rotatable bonds is 5. The summed E-state index contributed by atoms with van der Waals surface area (Å²) in [4.78, 5) is 14.0. The van der Waals surface area contributed by atoms with Crippen molar-refractivity contribution < 1.29 is 9.21 Å². The molecule has 3 nitrogen and oxygen atoms in total. The van der Waals surface area contributed by atoms with Crippen LogP contribution in [0.1, 0.15) is 62.9 Å². The van der Waals surface area contributed by atoms with E-state index in [4.69, 9.17) is 4.42 Å². The highest BCUT2D eigenvalue weighted by molar-refractivity contribution is 5.91. The van der Waals surface area contributed by atoms with Crippen LogP contribution < -0.4 is 0 Å². The van der Waals surface area contributed by atoms with Gasteiger partial charge in [0.05, 0.1) is 0 Å². The van der Waals surface area contributed by atoms with Crippen LogP contribution in [0.25, 0.3) is 6.08 Å². The van der Waals surface area contributed by atoms with Crippen molar-refractivity contribution in [2.45, 2.75) is 51.4 Å². The van der Waals surface area contributed by atoms with E-state index in [1.807, 2.05) is 24.1 Å². The van der Waals surface area contributed by atoms with Gasteiger partial charge >= 0.3 is 0 Å². The van der Waals surface area contributed by atoms with Gasteiger partial charge in [0.25, 0.3) is 0 Å². The zero-order valence-corrected chi connectivity index (χ0v) is 13.8. The summed E-state index contributed by atoms with van der Waals surface area (Å²) in [7, 11) is 1.90. The molecule has 0 saturated heterocycles. The molecule has 3 heteroatoms. The van der Waals surface area contributed by atoms with Crippen molar-refractivity contribution >= 4 is 12.0 Å². The first-order valence-electron chi connectivity index (χ1n) is 8.66. The fraction of sp³-hybridized carbons (Fsp3) is 0.632. The number of likely N-dealkylation sites (N-methyl/N-ethyl adjacent to an activating group) is 1. The van der Waals surface area contributed by atoms with Gasteiger partial charge in [0.1, 0.15) is 11.5 Å². The Morgan fingerprint density at radius 2 is 2.05 bits per heavy atom. The molecular formula is C19H27NO2. The molecule has 22 heavy (non-hydrogen) atoms. The molecule has 0 radical (unpaired) electrons. The van der Waals surface area contributed by atoms with Crippen LogP contribution in [0, 0.1) is 11.8 Å². The summed E-state index contributed by atoms with van der Waals surface area (Å²) in [6.45, 7) is 3.12. The van der Waals surface area contributed by atoms with E-state index in [1.54, 1.807) is 12.2 Å². The molecule has 120 valence electrons. The lowest BCUT2D eigenvalue weighted by Gasteiger charge is -2.26. The number of amides is 1. The number of hydrogen-bond donors (Lipinski definition) is 0. The predicted molar refractivity (Wildman–Crippen MR) is 88.5 cm³/mol. The first-order chi connectivity index (χ1) is 10.6. The molecule has 1 aromatic heterocycles. The van der Waals surface area contributed by atoms with Gasteiger partial charge in [-0.05, 0) is 49.3 Å². The van der Waals surface area contributed by atoms with Gasteiger partial charge in [0.15, 0.2) is 0 Å². The van der Waals surface area contributed by atoms with Gasteiger partial charge in [-0.15, -0.1) is 0 Å². The Balaban J connectivity index is 1.50. The molecule has 1 heterocycles. The van der Waals surface area contributed by atoms with E-state index in [0.717, 1.165) is 24.0 Å². The predicted octanol–water partition coefficient (Wildman–Crippen LogP) is 4.45. The Morgan fingerprint density at radius 3 is 2.73 bits per heavy atom. The molecule has 1 amide bonds. The van der Waals surface area contributed by atoms with E-state index < -0.39 is 0 Å². The van der Waals surface area contributed by atoms with Crippen LogP contribution in [0.5, 0.6) is 0 Å². The summed E-state index contributed by atoms with van der Waals surface area (Å²) in [5.74, 6) is 3.94. The Kier molecular flexibility index (Phi) is 4.70. The minimum absolute atomic E-state index is 0.0725. The number of furan rings is 1. The summed E-state index contributed by atoms with van der Waals surface area (Å²) in [5.41, 5.74) is 0. The van der Waals surface area contributed by atoms with Gasteiger partial charge in [-0.3, -0.25) is 4.79 Å². The molecule has 0 spiro atoms. The second-order valence-corrected chi connectivity index (χ2v) is 7.12. The third-order valence-electron chi connectivity index (χ3n) is 5.15. The third kappa shape index (κ3) is 3.82. The molecule has 0 aliphatic heterocycles. The Morgan fingerprint density at radius 1 is 1.32 bits per heavy atom. The smallest absolute Gasteiger partial charge is 0.246 e.